The van der Waals surface area contributed by atoms with Gasteiger partial charge >= 0.3 is 0 Å². The van der Waals surface area contributed by atoms with Crippen LogP contribution in [0.4, 0.5) is 0 Å². The van der Waals surface area contributed by atoms with Gasteiger partial charge in [-0.2, -0.15) is 0 Å². The summed E-state index contributed by atoms with van der Waals surface area (Å²) in [7, 11) is -1.57. The van der Waals surface area contributed by atoms with Gasteiger partial charge in [0.2, 0.25) is 15.9 Å². The van der Waals surface area contributed by atoms with Crippen molar-refractivity contribution in [2.24, 2.45) is 10.9 Å². The Labute approximate surface area is 198 Å². The first-order valence-corrected chi connectivity index (χ1v) is 12.5. The highest BCUT2D eigenvalue weighted by Gasteiger charge is 2.22. The van der Waals surface area contributed by atoms with E-state index in [4.69, 9.17) is 0 Å². The number of hydrogen-bond donors (Lipinski definition) is 4. The molecule has 1 aliphatic carbocycles. The third-order valence-electron chi connectivity index (χ3n) is 5.57. The van der Waals surface area contributed by atoms with Crippen LogP contribution >= 0.6 is 24.0 Å². The monoisotopic (exact) mass is 558 g/mol. The first kappa shape index (κ1) is 27.4. The van der Waals surface area contributed by atoms with Gasteiger partial charge in [-0.25, -0.2) is 13.1 Å². The first-order valence-electron chi connectivity index (χ1n) is 10.9. The number of likely N-dealkylation sites (tertiary alicyclic amines) is 1. The second-order valence-corrected chi connectivity index (χ2v) is 9.93. The van der Waals surface area contributed by atoms with E-state index in [-0.39, 0.29) is 41.7 Å². The summed E-state index contributed by atoms with van der Waals surface area (Å²) in [5.41, 5.74) is 0. The maximum atomic E-state index is 12.1. The number of halogens is 1. The molecule has 11 heteroatoms. The predicted molar refractivity (Wildman–Crippen MR) is 132 cm³/mol. The van der Waals surface area contributed by atoms with Gasteiger partial charge in [0.15, 0.2) is 5.96 Å². The van der Waals surface area contributed by atoms with Gasteiger partial charge < -0.3 is 16.0 Å². The molecule has 0 aromatic heterocycles. The van der Waals surface area contributed by atoms with Crippen molar-refractivity contribution < 1.29 is 13.2 Å². The number of rotatable bonds is 11. The molecule has 1 heterocycles. The summed E-state index contributed by atoms with van der Waals surface area (Å²) in [6.45, 7) is 5.80. The van der Waals surface area contributed by atoms with Crippen LogP contribution in [0.5, 0.6) is 0 Å². The van der Waals surface area contributed by atoms with Gasteiger partial charge in [-0.1, -0.05) is 13.3 Å². The van der Waals surface area contributed by atoms with E-state index in [2.05, 4.69) is 30.6 Å². The summed E-state index contributed by atoms with van der Waals surface area (Å²) in [5.74, 6) is 1.25. The van der Waals surface area contributed by atoms with Crippen LogP contribution in [0.25, 0.3) is 0 Å². The zero-order chi connectivity index (χ0) is 21.1. The van der Waals surface area contributed by atoms with Crippen LogP contribution < -0.4 is 20.7 Å². The normalized spacial score (nSPS) is 18.9. The Balaban J connectivity index is 0.00000450. The molecule has 0 bridgehead atoms. The molecule has 1 amide bonds. The number of carbonyl (C=O) groups is 1. The van der Waals surface area contributed by atoms with E-state index in [1.807, 2.05) is 6.92 Å². The van der Waals surface area contributed by atoms with Crippen LogP contribution in [0, 0.1) is 5.92 Å². The van der Waals surface area contributed by atoms with Crippen LogP contribution in [0.2, 0.25) is 0 Å². The topological polar surface area (TPSA) is 115 Å². The van der Waals surface area contributed by atoms with Crippen LogP contribution in [-0.4, -0.2) is 83.3 Å². The molecule has 176 valence electrons. The fraction of sp³-hybridized carbons (Fsp3) is 0.895. The standard InChI is InChI=1S/C19H38N6O3S.HI/c1-3-9-21-18(26)15-25-11-7-17(8-12-25)24-19(20-2)22-10-13-29(27,28)23-14-16-5-4-6-16;/h16-17,23H,3-15H2,1-2H3,(H,21,26)(H2,20,22,24);1H. The number of nitrogens with zero attached hydrogens (tertiary/aromatic N) is 2. The molecule has 0 atom stereocenters. The van der Waals surface area contributed by atoms with Gasteiger partial charge in [-0.05, 0) is 38.0 Å². The van der Waals surface area contributed by atoms with Crippen molar-refractivity contribution in [3.8, 4) is 0 Å². The number of sulfonamides is 1. The highest BCUT2D eigenvalue weighted by Crippen LogP contribution is 2.25. The Kier molecular flexibility index (Phi) is 13.1. The largest absolute Gasteiger partial charge is 0.355 e. The van der Waals surface area contributed by atoms with Crippen LogP contribution in [-0.2, 0) is 14.8 Å². The van der Waals surface area contributed by atoms with Crippen molar-refractivity contribution in [3.05, 3.63) is 0 Å². The van der Waals surface area contributed by atoms with Gasteiger partial charge in [-0.15, -0.1) is 24.0 Å². The van der Waals surface area contributed by atoms with Crippen molar-refractivity contribution >= 4 is 45.9 Å². The zero-order valence-corrected chi connectivity index (χ0v) is 21.4. The third kappa shape index (κ3) is 10.6. The summed E-state index contributed by atoms with van der Waals surface area (Å²) < 4.78 is 26.9. The van der Waals surface area contributed by atoms with Crippen molar-refractivity contribution in [1.82, 2.24) is 25.6 Å². The van der Waals surface area contributed by atoms with Gasteiger partial charge in [-0.3, -0.25) is 14.7 Å². The van der Waals surface area contributed by atoms with Crippen molar-refractivity contribution in [2.75, 3.05) is 52.1 Å². The summed E-state index contributed by atoms with van der Waals surface area (Å²) in [5, 5.41) is 9.37. The lowest BCUT2D eigenvalue weighted by Gasteiger charge is -2.32. The molecule has 0 aromatic rings. The molecular formula is C19H39IN6O3S. The lowest BCUT2D eigenvalue weighted by Crippen LogP contribution is -2.50. The zero-order valence-electron chi connectivity index (χ0n) is 18.3. The molecular weight excluding hydrogens is 519 g/mol. The fourth-order valence-electron chi connectivity index (χ4n) is 3.46. The number of guanidine groups is 1. The predicted octanol–water partition coefficient (Wildman–Crippen LogP) is 0.480. The lowest BCUT2D eigenvalue weighted by atomic mass is 9.86. The van der Waals surface area contributed by atoms with Crippen LogP contribution in [0.3, 0.4) is 0 Å². The molecule has 1 saturated carbocycles. The molecule has 0 aromatic carbocycles. The summed E-state index contributed by atoms with van der Waals surface area (Å²) in [4.78, 5) is 18.2. The molecule has 0 unspecified atom stereocenters. The van der Waals surface area contributed by atoms with Gasteiger partial charge in [0, 0.05) is 45.8 Å². The molecule has 1 saturated heterocycles. The molecule has 4 N–H and O–H groups in total. The second kappa shape index (κ2) is 14.4. The van der Waals surface area contributed by atoms with Gasteiger partial charge in [0.25, 0.3) is 0 Å². The SMILES string of the molecule is CCCNC(=O)CN1CCC(NC(=NC)NCCS(=O)(=O)NCC2CCC2)CC1.I. The minimum absolute atomic E-state index is 0. The van der Waals surface area contributed by atoms with Crippen LogP contribution in [0.15, 0.2) is 4.99 Å². The van der Waals surface area contributed by atoms with Crippen LogP contribution in [0.1, 0.15) is 45.4 Å². The molecule has 0 radical (unpaired) electrons. The molecule has 9 nitrogen and oxygen atoms in total. The molecule has 0 spiro atoms. The van der Waals surface area contributed by atoms with Gasteiger partial charge in [0.1, 0.15) is 0 Å². The average Bonchev–Trinajstić information content (AvgIpc) is 2.65. The molecule has 30 heavy (non-hydrogen) atoms. The van der Waals surface area contributed by atoms with E-state index in [1.54, 1.807) is 7.05 Å². The Morgan fingerprint density at radius 1 is 1.10 bits per heavy atom. The van der Waals surface area contributed by atoms with E-state index in [1.165, 1.54) is 6.42 Å². The van der Waals surface area contributed by atoms with E-state index in [9.17, 15) is 13.2 Å². The quantitative estimate of drug-likeness (QED) is 0.167. The highest BCUT2D eigenvalue weighted by atomic mass is 127. The van der Waals surface area contributed by atoms with Crippen molar-refractivity contribution in [1.29, 1.82) is 0 Å². The van der Waals surface area contributed by atoms with Crippen molar-refractivity contribution in [3.63, 3.8) is 0 Å². The first-order chi connectivity index (χ1) is 13.9. The van der Waals surface area contributed by atoms with E-state index in [0.29, 0.717) is 31.5 Å². The highest BCUT2D eigenvalue weighted by molar-refractivity contribution is 14.0. The fourth-order valence-corrected chi connectivity index (χ4v) is 4.47. The summed E-state index contributed by atoms with van der Waals surface area (Å²) in [6, 6.07) is 0.268. The molecule has 2 rings (SSSR count). The lowest BCUT2D eigenvalue weighted by molar-refractivity contribution is -0.122. The second-order valence-electron chi connectivity index (χ2n) is 8.01. The Hall–Kier alpha value is -0.660. The summed E-state index contributed by atoms with van der Waals surface area (Å²) >= 11 is 0. The molecule has 1 aliphatic heterocycles. The van der Waals surface area contributed by atoms with Crippen molar-refractivity contribution in [2.45, 2.75) is 51.5 Å². The Morgan fingerprint density at radius 2 is 1.80 bits per heavy atom. The van der Waals surface area contributed by atoms with Gasteiger partial charge in [0.05, 0.1) is 12.3 Å². The number of carbonyl (C=O) groups excluding carboxylic acids is 1. The minimum Gasteiger partial charge on any atom is -0.355 e. The number of nitrogens with one attached hydrogen (secondary N) is 4. The maximum Gasteiger partial charge on any atom is 0.234 e. The Morgan fingerprint density at radius 3 is 2.37 bits per heavy atom. The number of piperidine rings is 1. The van der Waals surface area contributed by atoms with E-state index in [0.717, 1.165) is 51.7 Å². The third-order valence-corrected chi connectivity index (χ3v) is 6.92. The molecule has 2 fully saturated rings. The Bertz CT molecular complexity index is 634. The van der Waals surface area contributed by atoms with E-state index >= 15 is 0 Å². The number of hydrogen-bond acceptors (Lipinski definition) is 5. The number of amides is 1. The molecule has 2 aliphatic rings. The smallest absolute Gasteiger partial charge is 0.234 e. The average molecular weight is 559 g/mol. The van der Waals surface area contributed by atoms with E-state index < -0.39 is 10.0 Å². The minimum atomic E-state index is -3.26. The summed E-state index contributed by atoms with van der Waals surface area (Å²) in [6.07, 6.45) is 6.24. The maximum absolute atomic E-state index is 12.1. The number of aliphatic imine (C=N–C) groups is 1.